The van der Waals surface area contributed by atoms with E-state index in [0.29, 0.717) is 0 Å². The van der Waals surface area contributed by atoms with Crippen LogP contribution < -0.4 is 5.32 Å². The van der Waals surface area contributed by atoms with Gasteiger partial charge in [-0.1, -0.05) is 6.07 Å². The maximum Gasteiger partial charge on any atom is 0.125 e. The second-order valence-electron chi connectivity index (χ2n) is 4.02. The Morgan fingerprint density at radius 2 is 2.12 bits per heavy atom. The van der Waals surface area contributed by atoms with Gasteiger partial charge in [0.15, 0.2) is 0 Å². The summed E-state index contributed by atoms with van der Waals surface area (Å²) >= 11 is 0. The molecule has 2 rings (SSSR count). The summed E-state index contributed by atoms with van der Waals surface area (Å²) in [6.07, 6.45) is 2.61. The number of aromatic nitrogens is 1. The van der Waals surface area contributed by atoms with Crippen LogP contribution in [0, 0.1) is 12.7 Å². The number of pyridine rings is 1. The Hall–Kier alpha value is -1.90. The van der Waals surface area contributed by atoms with E-state index in [1.807, 2.05) is 31.2 Å². The largest absolute Gasteiger partial charge is 0.385 e. The molecule has 1 aromatic heterocycles. The number of nitrogens with one attached hydrogen (secondary N) is 1. The van der Waals surface area contributed by atoms with E-state index in [-0.39, 0.29) is 5.82 Å². The van der Waals surface area contributed by atoms with E-state index >= 15 is 0 Å². The zero-order valence-electron chi connectivity index (χ0n) is 9.78. The van der Waals surface area contributed by atoms with Crippen LogP contribution in [0.1, 0.15) is 11.3 Å². The highest BCUT2D eigenvalue weighted by Gasteiger charge is 1.98. The van der Waals surface area contributed by atoms with E-state index in [9.17, 15) is 4.39 Å². The van der Waals surface area contributed by atoms with E-state index in [2.05, 4.69) is 10.3 Å². The van der Waals surface area contributed by atoms with Gasteiger partial charge in [-0.05, 0) is 42.8 Å². The minimum Gasteiger partial charge on any atom is -0.385 e. The summed E-state index contributed by atoms with van der Waals surface area (Å²) < 4.78 is 13.1. The van der Waals surface area contributed by atoms with Crippen LogP contribution in [0.3, 0.4) is 0 Å². The van der Waals surface area contributed by atoms with Crippen molar-refractivity contribution in [2.45, 2.75) is 13.3 Å². The van der Waals surface area contributed by atoms with Gasteiger partial charge in [0.1, 0.15) is 5.82 Å². The molecule has 0 radical (unpaired) electrons. The molecule has 0 aliphatic heterocycles. The Labute approximate surface area is 101 Å². The Balaban J connectivity index is 1.90. The molecule has 1 heterocycles. The molecule has 0 amide bonds. The average Bonchev–Trinajstić information content (AvgIpc) is 2.29. The first-order valence-electron chi connectivity index (χ1n) is 5.65. The van der Waals surface area contributed by atoms with Crippen LogP contribution >= 0.6 is 0 Å². The van der Waals surface area contributed by atoms with Crippen LogP contribution in [0.15, 0.2) is 42.6 Å². The highest BCUT2D eigenvalue weighted by atomic mass is 19.1. The van der Waals surface area contributed by atoms with Crippen molar-refractivity contribution in [3.8, 4) is 0 Å². The van der Waals surface area contributed by atoms with Crippen molar-refractivity contribution < 1.29 is 4.39 Å². The van der Waals surface area contributed by atoms with Gasteiger partial charge in [-0.25, -0.2) is 4.39 Å². The Morgan fingerprint density at radius 3 is 2.82 bits per heavy atom. The number of aryl methyl sites for hydroxylation is 1. The topological polar surface area (TPSA) is 24.9 Å². The first-order valence-corrected chi connectivity index (χ1v) is 5.65. The second-order valence-corrected chi connectivity index (χ2v) is 4.02. The van der Waals surface area contributed by atoms with Gasteiger partial charge < -0.3 is 5.32 Å². The summed E-state index contributed by atoms with van der Waals surface area (Å²) in [5.41, 5.74) is 2.77. The molecule has 0 saturated heterocycles. The van der Waals surface area contributed by atoms with Crippen LogP contribution in [0.4, 0.5) is 10.1 Å². The highest BCUT2D eigenvalue weighted by Crippen LogP contribution is 2.13. The molecular formula is C14H15FN2. The Morgan fingerprint density at radius 1 is 1.24 bits per heavy atom. The third kappa shape index (κ3) is 3.55. The van der Waals surface area contributed by atoms with E-state index in [0.717, 1.165) is 29.9 Å². The molecular weight excluding hydrogens is 215 g/mol. The Bertz CT molecular complexity index is 463. The second kappa shape index (κ2) is 5.43. The van der Waals surface area contributed by atoms with Crippen LogP contribution in [0.25, 0.3) is 0 Å². The van der Waals surface area contributed by atoms with Crippen LogP contribution in [0.2, 0.25) is 0 Å². The van der Waals surface area contributed by atoms with Gasteiger partial charge in [-0.15, -0.1) is 0 Å². The summed E-state index contributed by atoms with van der Waals surface area (Å²) in [5, 5.41) is 3.19. The molecule has 0 aliphatic rings. The normalized spacial score (nSPS) is 10.2. The number of nitrogens with zero attached hydrogens (tertiary/aromatic N) is 1. The van der Waals surface area contributed by atoms with Gasteiger partial charge in [0.2, 0.25) is 0 Å². The first kappa shape index (κ1) is 11.6. The lowest BCUT2D eigenvalue weighted by Gasteiger charge is -2.07. The summed E-state index contributed by atoms with van der Waals surface area (Å²) in [7, 11) is 0. The summed E-state index contributed by atoms with van der Waals surface area (Å²) in [6.45, 7) is 2.63. The number of hydrogen-bond acceptors (Lipinski definition) is 2. The number of rotatable bonds is 4. The quantitative estimate of drug-likeness (QED) is 0.872. The van der Waals surface area contributed by atoms with E-state index < -0.39 is 0 Å². The van der Waals surface area contributed by atoms with Crippen molar-refractivity contribution in [2.75, 3.05) is 11.9 Å². The molecule has 0 saturated carbocycles. The zero-order valence-corrected chi connectivity index (χ0v) is 9.78. The molecule has 17 heavy (non-hydrogen) atoms. The lowest BCUT2D eigenvalue weighted by Crippen LogP contribution is -2.06. The van der Waals surface area contributed by atoms with Gasteiger partial charge in [-0.3, -0.25) is 4.98 Å². The molecule has 0 atom stereocenters. The zero-order chi connectivity index (χ0) is 12.1. The molecule has 0 spiro atoms. The first-order chi connectivity index (χ1) is 8.24. The predicted octanol–water partition coefficient (Wildman–Crippen LogP) is 3.18. The molecule has 3 heteroatoms. The standard InChI is InChI=1S/C14H15FN2/c1-11-8-12(15)10-14(9-11)17-7-5-13-4-2-3-6-16-13/h2-4,6,8-10,17H,5,7H2,1H3. The summed E-state index contributed by atoms with van der Waals surface area (Å²) in [4.78, 5) is 4.23. The molecule has 0 fully saturated rings. The number of benzene rings is 1. The fraction of sp³-hybridized carbons (Fsp3) is 0.214. The van der Waals surface area contributed by atoms with E-state index in [1.54, 1.807) is 6.20 Å². The number of halogens is 1. The van der Waals surface area contributed by atoms with Crippen molar-refractivity contribution >= 4 is 5.69 Å². The summed E-state index contributed by atoms with van der Waals surface area (Å²) in [6, 6.07) is 10.8. The molecule has 88 valence electrons. The van der Waals surface area contributed by atoms with Crippen LogP contribution in [-0.4, -0.2) is 11.5 Å². The molecule has 1 N–H and O–H groups in total. The lowest BCUT2D eigenvalue weighted by molar-refractivity contribution is 0.627. The number of hydrogen-bond donors (Lipinski definition) is 1. The van der Waals surface area contributed by atoms with Gasteiger partial charge in [-0.2, -0.15) is 0 Å². The van der Waals surface area contributed by atoms with Crippen molar-refractivity contribution in [3.63, 3.8) is 0 Å². The fourth-order valence-corrected chi connectivity index (χ4v) is 1.72. The van der Waals surface area contributed by atoms with E-state index in [1.165, 1.54) is 12.1 Å². The fourth-order valence-electron chi connectivity index (χ4n) is 1.72. The molecule has 2 aromatic rings. The predicted molar refractivity (Wildman–Crippen MR) is 67.6 cm³/mol. The third-order valence-corrected chi connectivity index (χ3v) is 2.48. The molecule has 0 bridgehead atoms. The van der Waals surface area contributed by atoms with Crippen LogP contribution in [0.5, 0.6) is 0 Å². The van der Waals surface area contributed by atoms with Crippen LogP contribution in [-0.2, 0) is 6.42 Å². The minimum atomic E-state index is -0.203. The summed E-state index contributed by atoms with van der Waals surface area (Å²) in [5.74, 6) is -0.203. The SMILES string of the molecule is Cc1cc(F)cc(NCCc2ccccn2)c1. The highest BCUT2D eigenvalue weighted by molar-refractivity contribution is 5.46. The maximum atomic E-state index is 13.1. The smallest absolute Gasteiger partial charge is 0.125 e. The van der Waals surface area contributed by atoms with Crippen molar-refractivity contribution in [1.82, 2.24) is 4.98 Å². The maximum absolute atomic E-state index is 13.1. The molecule has 1 aromatic carbocycles. The van der Waals surface area contributed by atoms with Gasteiger partial charge in [0.25, 0.3) is 0 Å². The lowest BCUT2D eigenvalue weighted by atomic mass is 10.2. The van der Waals surface area contributed by atoms with Crippen molar-refractivity contribution in [2.24, 2.45) is 0 Å². The molecule has 2 nitrogen and oxygen atoms in total. The van der Waals surface area contributed by atoms with Crippen molar-refractivity contribution in [3.05, 3.63) is 59.7 Å². The third-order valence-electron chi connectivity index (χ3n) is 2.48. The van der Waals surface area contributed by atoms with E-state index in [4.69, 9.17) is 0 Å². The monoisotopic (exact) mass is 230 g/mol. The van der Waals surface area contributed by atoms with Gasteiger partial charge >= 0.3 is 0 Å². The van der Waals surface area contributed by atoms with Crippen molar-refractivity contribution in [1.29, 1.82) is 0 Å². The number of anilines is 1. The molecule has 0 aliphatic carbocycles. The van der Waals surface area contributed by atoms with Gasteiger partial charge in [0.05, 0.1) is 0 Å². The Kier molecular flexibility index (Phi) is 3.70. The molecule has 0 unspecified atom stereocenters. The minimum absolute atomic E-state index is 0.203. The average molecular weight is 230 g/mol. The van der Waals surface area contributed by atoms with Gasteiger partial charge in [0, 0.05) is 30.5 Å².